The van der Waals surface area contributed by atoms with Crippen LogP contribution in [0.1, 0.15) is 11.3 Å². The average molecular weight is 412 g/mol. The van der Waals surface area contributed by atoms with Crippen molar-refractivity contribution in [1.29, 1.82) is 0 Å². The van der Waals surface area contributed by atoms with Crippen molar-refractivity contribution in [3.05, 3.63) is 83.2 Å². The summed E-state index contributed by atoms with van der Waals surface area (Å²) >= 11 is 7.25. The lowest BCUT2D eigenvalue weighted by molar-refractivity contribution is -0.118. The topological polar surface area (TPSA) is 72.2 Å². The molecule has 0 saturated carbocycles. The number of benzene rings is 2. The molecule has 6 nitrogen and oxygen atoms in total. The van der Waals surface area contributed by atoms with Gasteiger partial charge in [0.15, 0.2) is 0 Å². The van der Waals surface area contributed by atoms with E-state index in [-0.39, 0.29) is 11.7 Å². The van der Waals surface area contributed by atoms with Gasteiger partial charge in [0.25, 0.3) is 0 Å². The van der Waals surface area contributed by atoms with Gasteiger partial charge in [0.2, 0.25) is 5.91 Å². The lowest BCUT2D eigenvalue weighted by atomic mass is 10.2. The third-order valence-electron chi connectivity index (χ3n) is 3.54. The molecule has 0 aliphatic rings. The van der Waals surface area contributed by atoms with Crippen LogP contribution in [0.4, 0.5) is 0 Å². The normalized spacial score (nSPS) is 11.3. The lowest BCUT2D eigenvalue weighted by Gasteiger charge is -2.00. The highest BCUT2D eigenvalue weighted by atomic mass is 35.5. The summed E-state index contributed by atoms with van der Waals surface area (Å²) in [4.78, 5) is 12.7. The number of thioether (sulfide) groups is 1. The first-order valence-electron chi connectivity index (χ1n) is 8.50. The summed E-state index contributed by atoms with van der Waals surface area (Å²) in [6.07, 6.45) is 6.82. The van der Waals surface area contributed by atoms with Crippen LogP contribution in [-0.4, -0.2) is 32.9 Å². The van der Waals surface area contributed by atoms with E-state index in [1.54, 1.807) is 29.0 Å². The van der Waals surface area contributed by atoms with E-state index in [9.17, 15) is 4.79 Å². The Morgan fingerprint density at radius 3 is 2.75 bits per heavy atom. The number of aromatic nitrogens is 3. The fourth-order valence-electron chi connectivity index (χ4n) is 2.24. The first-order chi connectivity index (χ1) is 13.7. The van der Waals surface area contributed by atoms with Crippen LogP contribution >= 0.6 is 23.4 Å². The number of allylic oxidation sites excluding steroid dienone is 1. The molecule has 1 aromatic heterocycles. The highest BCUT2D eigenvalue weighted by Crippen LogP contribution is 2.19. The Morgan fingerprint density at radius 1 is 1.18 bits per heavy atom. The van der Waals surface area contributed by atoms with Gasteiger partial charge in [-0.15, -0.1) is 16.9 Å². The standard InChI is InChI=1S/C20H18ClN5OS/c21-17-8-10-19(11-9-17)28-15-20(27)24-22-12-4-7-18-14-26(25-23-18)13-16-5-2-1-3-6-16/h1-12,14H,13,15H2,(H,24,27)/b7-4+,22-12-. The zero-order chi connectivity index (χ0) is 19.6. The van der Waals surface area contributed by atoms with Crippen LogP contribution in [0.25, 0.3) is 6.08 Å². The molecule has 0 aliphatic carbocycles. The Hall–Kier alpha value is -2.90. The van der Waals surface area contributed by atoms with E-state index < -0.39 is 0 Å². The zero-order valence-electron chi connectivity index (χ0n) is 14.9. The largest absolute Gasteiger partial charge is 0.272 e. The summed E-state index contributed by atoms with van der Waals surface area (Å²) in [5.74, 6) is 0.0923. The average Bonchev–Trinajstić information content (AvgIpc) is 3.15. The molecule has 142 valence electrons. The first kappa shape index (κ1) is 19.9. The summed E-state index contributed by atoms with van der Waals surface area (Å²) in [5.41, 5.74) is 4.35. The van der Waals surface area contributed by atoms with Gasteiger partial charge in [-0.05, 0) is 42.0 Å². The smallest absolute Gasteiger partial charge is 0.250 e. The Morgan fingerprint density at radius 2 is 1.96 bits per heavy atom. The van der Waals surface area contributed by atoms with E-state index in [1.165, 1.54) is 18.0 Å². The number of nitrogens with one attached hydrogen (secondary N) is 1. The number of halogens is 1. The van der Waals surface area contributed by atoms with Crippen LogP contribution in [0.2, 0.25) is 5.02 Å². The first-order valence-corrected chi connectivity index (χ1v) is 9.86. The van der Waals surface area contributed by atoms with Crippen molar-refractivity contribution >= 4 is 41.6 Å². The molecule has 3 rings (SSSR count). The van der Waals surface area contributed by atoms with Crippen molar-refractivity contribution in [1.82, 2.24) is 20.4 Å². The third-order valence-corrected chi connectivity index (χ3v) is 4.81. The molecular weight excluding hydrogens is 394 g/mol. The van der Waals surface area contributed by atoms with E-state index >= 15 is 0 Å². The monoisotopic (exact) mass is 411 g/mol. The van der Waals surface area contributed by atoms with Crippen LogP contribution in [0.15, 0.2) is 76.9 Å². The van der Waals surface area contributed by atoms with Gasteiger partial charge in [-0.2, -0.15) is 5.10 Å². The lowest BCUT2D eigenvalue weighted by Crippen LogP contribution is -2.19. The maximum absolute atomic E-state index is 11.8. The van der Waals surface area contributed by atoms with Crippen molar-refractivity contribution in [2.75, 3.05) is 5.75 Å². The van der Waals surface area contributed by atoms with Crippen LogP contribution in [0.3, 0.4) is 0 Å². The highest BCUT2D eigenvalue weighted by molar-refractivity contribution is 8.00. The maximum Gasteiger partial charge on any atom is 0.250 e. The van der Waals surface area contributed by atoms with Crippen molar-refractivity contribution < 1.29 is 4.79 Å². The molecule has 8 heteroatoms. The molecule has 0 spiro atoms. The molecule has 2 aromatic carbocycles. The summed E-state index contributed by atoms with van der Waals surface area (Å²) in [6, 6.07) is 17.4. The zero-order valence-corrected chi connectivity index (χ0v) is 16.5. The quantitative estimate of drug-likeness (QED) is 0.347. The Bertz CT molecular complexity index is 954. The van der Waals surface area contributed by atoms with Crippen LogP contribution in [0, 0.1) is 0 Å². The summed E-state index contributed by atoms with van der Waals surface area (Å²) in [7, 11) is 0. The maximum atomic E-state index is 11.8. The van der Waals surface area contributed by atoms with Crippen LogP contribution in [0.5, 0.6) is 0 Å². The van der Waals surface area contributed by atoms with Crippen molar-refractivity contribution in [3.8, 4) is 0 Å². The van der Waals surface area contributed by atoms with Crippen molar-refractivity contribution in [2.45, 2.75) is 11.4 Å². The van der Waals surface area contributed by atoms with Gasteiger partial charge < -0.3 is 0 Å². The predicted molar refractivity (Wildman–Crippen MR) is 113 cm³/mol. The number of amides is 1. The van der Waals surface area contributed by atoms with Crippen LogP contribution in [-0.2, 0) is 11.3 Å². The minimum Gasteiger partial charge on any atom is -0.272 e. The van der Waals surface area contributed by atoms with Gasteiger partial charge in [0, 0.05) is 16.1 Å². The SMILES string of the molecule is O=C(CSc1ccc(Cl)cc1)N/N=C\C=C\c1cn(Cc2ccccc2)nn1. The molecule has 0 saturated heterocycles. The second kappa shape index (κ2) is 10.4. The van der Waals surface area contributed by atoms with Gasteiger partial charge in [0.1, 0.15) is 5.69 Å². The molecule has 28 heavy (non-hydrogen) atoms. The van der Waals surface area contributed by atoms with E-state index in [1.807, 2.05) is 48.7 Å². The highest BCUT2D eigenvalue weighted by Gasteiger charge is 2.01. The molecule has 0 bridgehead atoms. The van der Waals surface area contributed by atoms with Gasteiger partial charge >= 0.3 is 0 Å². The van der Waals surface area contributed by atoms with Crippen LogP contribution < -0.4 is 5.43 Å². The van der Waals surface area contributed by atoms with Gasteiger partial charge in [-0.3, -0.25) is 4.79 Å². The number of carbonyl (C=O) groups is 1. The second-order valence-corrected chi connectivity index (χ2v) is 7.23. The third kappa shape index (κ3) is 6.68. The molecule has 0 fully saturated rings. The molecule has 0 unspecified atom stereocenters. The molecule has 0 atom stereocenters. The Balaban J connectivity index is 1.40. The summed E-state index contributed by atoms with van der Waals surface area (Å²) < 4.78 is 1.77. The van der Waals surface area contributed by atoms with Gasteiger partial charge in [0.05, 0.1) is 18.5 Å². The number of carbonyl (C=O) groups excluding carboxylic acids is 1. The predicted octanol–water partition coefficient (Wildman–Crippen LogP) is 3.89. The number of hydrogen-bond acceptors (Lipinski definition) is 5. The molecule has 1 N–H and O–H groups in total. The number of nitrogens with zero attached hydrogens (tertiary/aromatic N) is 4. The number of rotatable bonds is 8. The molecule has 3 aromatic rings. The fraction of sp³-hybridized carbons (Fsp3) is 0.100. The summed E-state index contributed by atoms with van der Waals surface area (Å²) in [5, 5.41) is 12.7. The molecular formula is C20H18ClN5OS. The van der Waals surface area contributed by atoms with Crippen molar-refractivity contribution in [2.24, 2.45) is 5.10 Å². The Kier molecular flexibility index (Phi) is 7.40. The molecule has 0 radical (unpaired) electrons. The van der Waals surface area contributed by atoms with E-state index in [0.717, 1.165) is 10.5 Å². The van der Waals surface area contributed by atoms with E-state index in [2.05, 4.69) is 20.8 Å². The fourth-order valence-corrected chi connectivity index (χ4v) is 3.06. The van der Waals surface area contributed by atoms with Gasteiger partial charge in [-0.25, -0.2) is 10.1 Å². The molecule has 1 amide bonds. The summed E-state index contributed by atoms with van der Waals surface area (Å²) in [6.45, 7) is 0.664. The minimum absolute atomic E-state index is 0.182. The van der Waals surface area contributed by atoms with E-state index in [0.29, 0.717) is 17.3 Å². The van der Waals surface area contributed by atoms with E-state index in [4.69, 9.17) is 11.6 Å². The number of hydrogen-bond donors (Lipinski definition) is 1. The molecule has 1 heterocycles. The van der Waals surface area contributed by atoms with Gasteiger partial charge in [-0.1, -0.05) is 47.1 Å². The number of hydrazone groups is 1. The second-order valence-electron chi connectivity index (χ2n) is 5.74. The minimum atomic E-state index is -0.182. The Labute approximate surface area is 172 Å². The van der Waals surface area contributed by atoms with Crippen molar-refractivity contribution in [3.63, 3.8) is 0 Å². The molecule has 0 aliphatic heterocycles.